The van der Waals surface area contributed by atoms with Crippen molar-refractivity contribution in [3.8, 4) is 5.75 Å². The number of rotatable bonds is 6. The molecule has 0 amide bonds. The predicted molar refractivity (Wildman–Crippen MR) is 80.8 cm³/mol. The summed E-state index contributed by atoms with van der Waals surface area (Å²) in [6.45, 7) is 12.1. The van der Waals surface area contributed by atoms with Gasteiger partial charge in [-0.15, -0.1) is 0 Å². The molecule has 1 N–H and O–H groups in total. The number of benzene rings is 1. The Morgan fingerprint density at radius 1 is 1.37 bits per heavy atom. The third-order valence-electron chi connectivity index (χ3n) is 3.36. The first-order valence-electron chi connectivity index (χ1n) is 7.08. The molecule has 2 rings (SSSR count). The van der Waals surface area contributed by atoms with Crippen molar-refractivity contribution in [2.75, 3.05) is 13.2 Å². The first-order valence-corrected chi connectivity index (χ1v) is 7.08. The Hall–Kier alpha value is -1.28. The molecule has 0 unspecified atom stereocenters. The van der Waals surface area contributed by atoms with Crippen LogP contribution >= 0.6 is 0 Å². The van der Waals surface area contributed by atoms with Crippen LogP contribution in [0.3, 0.4) is 0 Å². The van der Waals surface area contributed by atoms with E-state index in [1.54, 1.807) is 0 Å². The molecule has 1 saturated carbocycles. The lowest BCUT2D eigenvalue weighted by molar-refractivity contribution is 0.347. The lowest BCUT2D eigenvalue weighted by Gasteiger charge is -2.20. The Balaban J connectivity index is 1.83. The molecule has 1 aromatic carbocycles. The summed E-state index contributed by atoms with van der Waals surface area (Å²) in [5.41, 5.74) is 2.56. The third-order valence-corrected chi connectivity index (χ3v) is 3.36. The van der Waals surface area contributed by atoms with Crippen LogP contribution in [0.1, 0.15) is 39.2 Å². The van der Waals surface area contributed by atoms with E-state index in [1.807, 2.05) is 6.07 Å². The second kappa shape index (κ2) is 5.79. The van der Waals surface area contributed by atoms with Gasteiger partial charge in [0.2, 0.25) is 0 Å². The maximum Gasteiger partial charge on any atom is 0.120 e. The molecule has 0 heterocycles. The summed E-state index contributed by atoms with van der Waals surface area (Å²) in [5.74, 6) is 0.931. The Morgan fingerprint density at radius 2 is 2.11 bits per heavy atom. The van der Waals surface area contributed by atoms with E-state index >= 15 is 0 Å². The topological polar surface area (TPSA) is 21.3 Å². The summed E-state index contributed by atoms with van der Waals surface area (Å²) in [6, 6.07) is 9.07. The Kier molecular flexibility index (Phi) is 4.31. The van der Waals surface area contributed by atoms with E-state index in [4.69, 9.17) is 4.74 Å². The van der Waals surface area contributed by atoms with Crippen LogP contribution in [-0.2, 0) is 5.41 Å². The highest BCUT2D eigenvalue weighted by atomic mass is 16.5. The highest BCUT2D eigenvalue weighted by Crippen LogP contribution is 2.25. The first-order chi connectivity index (χ1) is 8.95. The van der Waals surface area contributed by atoms with Crippen molar-refractivity contribution in [3.63, 3.8) is 0 Å². The van der Waals surface area contributed by atoms with Gasteiger partial charge >= 0.3 is 0 Å². The van der Waals surface area contributed by atoms with Crippen molar-refractivity contribution in [2.24, 2.45) is 0 Å². The van der Waals surface area contributed by atoms with Gasteiger partial charge in [-0.1, -0.05) is 39.5 Å². The Bertz CT molecular complexity index is 441. The van der Waals surface area contributed by atoms with E-state index in [9.17, 15) is 0 Å². The number of nitrogens with one attached hydrogen (secondary N) is 1. The highest BCUT2D eigenvalue weighted by molar-refractivity contribution is 5.32. The van der Waals surface area contributed by atoms with Gasteiger partial charge in [0.25, 0.3) is 0 Å². The molecule has 1 aliphatic carbocycles. The van der Waals surface area contributed by atoms with Crippen molar-refractivity contribution < 1.29 is 4.74 Å². The Labute approximate surface area is 116 Å². The second-order valence-electron chi connectivity index (χ2n) is 6.47. The molecular weight excluding hydrogens is 234 g/mol. The van der Waals surface area contributed by atoms with Gasteiger partial charge in [0.05, 0.1) is 0 Å². The lowest BCUT2D eigenvalue weighted by atomic mass is 9.87. The molecule has 2 heteroatoms. The maximum absolute atomic E-state index is 5.82. The van der Waals surface area contributed by atoms with Gasteiger partial charge in [-0.05, 0) is 41.5 Å². The van der Waals surface area contributed by atoms with Gasteiger partial charge in [-0.3, -0.25) is 0 Å². The minimum Gasteiger partial charge on any atom is -0.489 e. The van der Waals surface area contributed by atoms with Gasteiger partial charge in [-0.2, -0.15) is 0 Å². The van der Waals surface area contributed by atoms with Crippen LogP contribution < -0.4 is 10.1 Å². The molecule has 0 radical (unpaired) electrons. The fraction of sp³-hybridized carbons (Fsp3) is 0.529. The van der Waals surface area contributed by atoms with Gasteiger partial charge in [0, 0.05) is 12.6 Å². The fourth-order valence-corrected chi connectivity index (χ4v) is 1.86. The molecule has 0 saturated heterocycles. The quantitative estimate of drug-likeness (QED) is 0.787. The smallest absolute Gasteiger partial charge is 0.120 e. The molecule has 1 aromatic rings. The lowest BCUT2D eigenvalue weighted by Crippen LogP contribution is -2.21. The van der Waals surface area contributed by atoms with Gasteiger partial charge in [0.1, 0.15) is 12.4 Å². The fourth-order valence-electron chi connectivity index (χ4n) is 1.86. The van der Waals surface area contributed by atoms with Crippen LogP contribution in [0.5, 0.6) is 5.75 Å². The molecule has 1 fully saturated rings. The summed E-state index contributed by atoms with van der Waals surface area (Å²) in [4.78, 5) is 0. The largest absolute Gasteiger partial charge is 0.489 e. The van der Waals surface area contributed by atoms with Crippen molar-refractivity contribution in [3.05, 3.63) is 42.0 Å². The molecule has 0 spiro atoms. The van der Waals surface area contributed by atoms with Crippen LogP contribution in [0.4, 0.5) is 0 Å². The van der Waals surface area contributed by atoms with E-state index in [0.717, 1.165) is 23.9 Å². The number of hydrogen-bond acceptors (Lipinski definition) is 2. The van der Waals surface area contributed by atoms with Crippen LogP contribution in [0.2, 0.25) is 0 Å². The zero-order valence-corrected chi connectivity index (χ0v) is 12.3. The molecule has 2 nitrogen and oxygen atoms in total. The zero-order valence-electron chi connectivity index (χ0n) is 12.3. The monoisotopic (exact) mass is 259 g/mol. The molecule has 1 aliphatic rings. The predicted octanol–water partition coefficient (Wildman–Crippen LogP) is 3.67. The second-order valence-corrected chi connectivity index (χ2v) is 6.47. The average Bonchev–Trinajstić information content (AvgIpc) is 3.17. The molecule has 104 valence electrons. The van der Waals surface area contributed by atoms with Crippen LogP contribution in [0.25, 0.3) is 0 Å². The van der Waals surface area contributed by atoms with Crippen molar-refractivity contribution in [1.82, 2.24) is 5.32 Å². The van der Waals surface area contributed by atoms with E-state index in [2.05, 4.69) is 50.9 Å². The zero-order chi connectivity index (χ0) is 13.9. The summed E-state index contributed by atoms with van der Waals surface area (Å²) >= 11 is 0. The highest BCUT2D eigenvalue weighted by Gasteiger charge is 2.20. The van der Waals surface area contributed by atoms with Crippen molar-refractivity contribution in [2.45, 2.75) is 45.1 Å². The molecule has 0 bridgehead atoms. The first kappa shape index (κ1) is 14.1. The molecule has 19 heavy (non-hydrogen) atoms. The van der Waals surface area contributed by atoms with Crippen LogP contribution in [-0.4, -0.2) is 19.2 Å². The van der Waals surface area contributed by atoms with Gasteiger partial charge in [-0.25, -0.2) is 0 Å². The normalized spacial score (nSPS) is 15.3. The van der Waals surface area contributed by atoms with Gasteiger partial charge < -0.3 is 10.1 Å². The SMILES string of the molecule is C=C(CNC1CC1)COc1cccc(C(C)(C)C)c1. The molecule has 0 aliphatic heterocycles. The molecular formula is C17H25NO. The third kappa shape index (κ3) is 4.71. The van der Waals surface area contributed by atoms with Crippen LogP contribution in [0, 0.1) is 0 Å². The van der Waals surface area contributed by atoms with E-state index < -0.39 is 0 Å². The summed E-state index contributed by atoms with van der Waals surface area (Å²) < 4.78 is 5.82. The minimum atomic E-state index is 0.157. The van der Waals surface area contributed by atoms with Crippen LogP contribution in [0.15, 0.2) is 36.4 Å². The average molecular weight is 259 g/mol. The minimum absolute atomic E-state index is 0.157. The van der Waals surface area contributed by atoms with Crippen molar-refractivity contribution >= 4 is 0 Å². The van der Waals surface area contributed by atoms with E-state index in [-0.39, 0.29) is 5.41 Å². The van der Waals surface area contributed by atoms with Gasteiger partial charge in [0.15, 0.2) is 0 Å². The maximum atomic E-state index is 5.82. The summed E-state index contributed by atoms with van der Waals surface area (Å²) in [6.07, 6.45) is 2.61. The summed E-state index contributed by atoms with van der Waals surface area (Å²) in [5, 5.41) is 3.45. The standard InChI is InChI=1S/C17H25NO/c1-13(11-18-15-8-9-15)12-19-16-7-5-6-14(10-16)17(2,3)4/h5-7,10,15,18H,1,8-9,11-12H2,2-4H3. The summed E-state index contributed by atoms with van der Waals surface area (Å²) in [7, 11) is 0. The molecule has 0 atom stereocenters. The van der Waals surface area contributed by atoms with E-state index in [1.165, 1.54) is 18.4 Å². The number of hydrogen-bond donors (Lipinski definition) is 1. The van der Waals surface area contributed by atoms with E-state index in [0.29, 0.717) is 6.61 Å². The molecule has 0 aromatic heterocycles. The van der Waals surface area contributed by atoms with Crippen molar-refractivity contribution in [1.29, 1.82) is 0 Å². The Morgan fingerprint density at radius 3 is 2.74 bits per heavy atom. The number of ether oxygens (including phenoxy) is 1.